The number of nitrogens with zero attached hydrogens (tertiary/aromatic N) is 4. The third-order valence-electron chi connectivity index (χ3n) is 27.2. The molecule has 0 aliphatic heterocycles. The van der Waals surface area contributed by atoms with E-state index in [4.69, 9.17) is 19.9 Å². The second kappa shape index (κ2) is 63.7. The molecule has 4 saturated carbocycles. The molecule has 16 heteroatoms. The minimum absolute atomic E-state index is 0. The maximum Gasteiger partial charge on any atom is 0.161 e. The molecule has 4 radical (unpaired) electrons. The fraction of sp³-hybridized carbons (Fsp3) is 0.446. The number of benzene rings is 8. The third kappa shape index (κ3) is 41.6. The number of carbonyl (C=O) groups excluding carboxylic acids is 4. The third-order valence-corrected chi connectivity index (χ3v) is 27.2. The van der Waals surface area contributed by atoms with Gasteiger partial charge in [-0.1, -0.05) is 379 Å². The van der Waals surface area contributed by atoms with Crippen LogP contribution < -0.4 is 0 Å². The van der Waals surface area contributed by atoms with Crippen molar-refractivity contribution >= 4 is 66.7 Å². The molecule has 0 atom stereocenters. The molecular weight excluding hydrogens is 2510 g/mol. The van der Waals surface area contributed by atoms with Gasteiger partial charge in [-0.15, -0.1) is 140 Å². The monoisotopic (exact) mass is 2680 g/mol. The molecule has 0 bridgehead atoms. The molecule has 0 saturated heterocycles. The minimum atomic E-state index is -0.0316. The van der Waals surface area contributed by atoms with E-state index in [1.165, 1.54) is 254 Å². The second-order valence-electron chi connectivity index (χ2n) is 43.0. The van der Waals surface area contributed by atoms with Gasteiger partial charge in [-0.2, -0.15) is 0 Å². The molecule has 4 aromatic heterocycles. The van der Waals surface area contributed by atoms with Gasteiger partial charge in [0.15, 0.2) is 23.1 Å². The summed E-state index contributed by atoms with van der Waals surface area (Å²) in [5.41, 5.74) is 28.5. The van der Waals surface area contributed by atoms with Crippen LogP contribution >= 0.6 is 0 Å². The van der Waals surface area contributed by atoms with Crippen molar-refractivity contribution in [3.05, 3.63) is 308 Å². The molecule has 4 aliphatic rings. The van der Waals surface area contributed by atoms with Gasteiger partial charge in [0, 0.05) is 174 Å². The average molecular weight is 2680 g/mol. The molecule has 12 nitrogen and oxygen atoms in total. The van der Waals surface area contributed by atoms with Crippen LogP contribution in [-0.2, 0) is 125 Å². The zero-order valence-corrected chi connectivity index (χ0v) is 101. The number of hydrogen-bond acceptors (Lipinski definition) is 12. The van der Waals surface area contributed by atoms with Crippen molar-refractivity contribution in [2.45, 2.75) is 307 Å². The first-order valence-electron chi connectivity index (χ1n) is 52.9. The summed E-state index contributed by atoms with van der Waals surface area (Å²) in [7, 11) is 0. The Morgan fingerprint density at radius 2 is 0.445 bits per heavy atom. The summed E-state index contributed by atoms with van der Waals surface area (Å²) in [6.07, 6.45) is 35.3. The molecule has 0 amide bonds. The number of hydrogen-bond donors (Lipinski definition) is 4. The molecule has 4 N–H and O–H groups in total. The van der Waals surface area contributed by atoms with E-state index < -0.39 is 0 Å². The van der Waals surface area contributed by atoms with E-state index in [-0.39, 0.29) is 174 Å². The van der Waals surface area contributed by atoms with E-state index in [1.807, 2.05) is 111 Å². The van der Waals surface area contributed by atoms with Crippen LogP contribution in [0, 0.1) is 151 Å². The van der Waals surface area contributed by atoms with Crippen molar-refractivity contribution in [3.63, 3.8) is 0 Å². The fourth-order valence-electron chi connectivity index (χ4n) is 18.4. The van der Waals surface area contributed by atoms with Crippen molar-refractivity contribution in [3.8, 4) is 45.0 Å². The summed E-state index contributed by atoms with van der Waals surface area (Å²) in [6, 6.07) is 75.1. The van der Waals surface area contributed by atoms with Crippen LogP contribution in [-0.4, -0.2) is 63.5 Å². The molecule has 4 fully saturated rings. The molecule has 12 aromatic rings. The molecule has 146 heavy (non-hydrogen) atoms. The van der Waals surface area contributed by atoms with E-state index in [0.717, 1.165) is 90.8 Å². The van der Waals surface area contributed by atoms with Gasteiger partial charge in [0.05, 0.1) is 45.1 Å². The molecule has 0 spiro atoms. The number of fused-ring (bicyclic) bond motifs is 4. The average Bonchev–Trinajstić information content (AvgIpc) is 0.851. The minimum Gasteiger partial charge on any atom is -0.512 e. The SMILES string of the molecule is CC(C)C(=O)C=C(O)C(C)C.CC(C)C(=O)C=C(O)C(C)C.CC(C)C(=O)C=C(O)C(C)C.CC(C)C(=O)C=C(O)C(C)C.Cc1[c-]c(-c2ccc3c(CC4CCC4)cccc3n2)cc(C)c1.Cc1[c-]c(-c2ccc3c(CC4CCCC4)cccc3n2)cc(C)c1.Cc1[c-]c(-c2ccc3c(CC4CCCCC4)cccc3n2)cc(C)c1.Cc1[c-]c(-c2ccc3c(CC4CCCCCC4)cccc3n2)cc(C)c1.[Ir].[Ir].[Ir].[Ir]. The first-order chi connectivity index (χ1) is 67.5. The second-order valence-corrected chi connectivity index (χ2v) is 43.0. The number of rotatable bonds is 24. The zero-order chi connectivity index (χ0) is 104. The van der Waals surface area contributed by atoms with Gasteiger partial charge in [-0.05, 0) is 119 Å². The molecular formula is C130H164Ir4N4O8-4. The maximum atomic E-state index is 11.0. The predicted octanol–water partition coefficient (Wildman–Crippen LogP) is 34.2. The first-order valence-corrected chi connectivity index (χ1v) is 52.9. The van der Waals surface area contributed by atoms with E-state index >= 15 is 0 Å². The number of aryl methyl sites for hydroxylation is 8. The van der Waals surface area contributed by atoms with Gasteiger partial charge in [0.2, 0.25) is 0 Å². The Bertz CT molecular complexity index is 6070. The normalized spacial score (nSPS) is 14.2. The topological polar surface area (TPSA) is 201 Å². The standard InChI is InChI=1S/C25H28N.C24H26N.C23H24N.C22H22N.4C9H16O2.4Ir/c1-18-14-19(2)16-22(15-18)24-13-12-23-21(10-7-11-25(23)26-24)17-20-8-5-3-4-6-9-20;1-17-13-18(2)15-21(14-17)23-12-11-22-20(9-6-10-24(22)25-23)16-19-7-4-3-5-8-19;1-16-12-17(2)14-20(13-16)22-11-10-21-19(8-5-9-23(21)24-22)15-18-6-3-4-7-18;1-15-11-16(2)13-19(12-15)21-10-9-20-18(14-17-5-3-6-17)7-4-8-22(20)23-21;4*1-6(2)8(10)5-9(11)7(3)4;;;;/h7,10-15,20H,3-6,8-9,17H2,1-2H3;6,9-14,19H,3-5,7-8,16H2,1-2H3;5,8-13,18H,3-4,6-7,15H2,1-2H3;4,7-12,17H,3,5-6,14H2,1-2H3;4*5-7,10H,1-4H3;;;;/q4*-1;;;;;;;;. The Morgan fingerprint density at radius 1 is 0.260 bits per heavy atom. The van der Waals surface area contributed by atoms with Crippen molar-refractivity contribution in [1.29, 1.82) is 0 Å². The Labute approximate surface area is 930 Å². The summed E-state index contributed by atoms with van der Waals surface area (Å²) < 4.78 is 0. The summed E-state index contributed by atoms with van der Waals surface area (Å²) in [5.74, 6) is 4.09. The van der Waals surface area contributed by atoms with Crippen molar-refractivity contribution < 1.29 is 120 Å². The Hall–Kier alpha value is -9.16. The summed E-state index contributed by atoms with van der Waals surface area (Å²) >= 11 is 0. The Balaban J connectivity index is 0.000000301. The van der Waals surface area contributed by atoms with Crippen LogP contribution in [0.4, 0.5) is 0 Å². The number of ketones is 4. The first kappa shape index (κ1) is 127. The number of aliphatic hydroxyl groups is 4. The zero-order valence-electron chi connectivity index (χ0n) is 91.5. The summed E-state index contributed by atoms with van der Waals surface area (Å²) in [4.78, 5) is 63.8. The quantitative estimate of drug-likeness (QED) is 0.0193. The Morgan fingerprint density at radius 3 is 0.616 bits per heavy atom. The Kier molecular flexibility index (Phi) is 55.6. The molecule has 16 rings (SSSR count). The van der Waals surface area contributed by atoms with E-state index in [1.54, 1.807) is 0 Å². The van der Waals surface area contributed by atoms with E-state index in [9.17, 15) is 39.6 Å². The van der Waals surface area contributed by atoms with Gasteiger partial charge in [-0.3, -0.25) is 39.1 Å². The van der Waals surface area contributed by atoms with Gasteiger partial charge < -0.3 is 20.4 Å². The number of aromatic nitrogens is 4. The van der Waals surface area contributed by atoms with Crippen LogP contribution in [0.1, 0.15) is 293 Å². The van der Waals surface area contributed by atoms with E-state index in [2.05, 4.69) is 250 Å². The van der Waals surface area contributed by atoms with E-state index in [0.29, 0.717) is 0 Å². The van der Waals surface area contributed by atoms with Crippen LogP contribution in [0.5, 0.6) is 0 Å². The summed E-state index contributed by atoms with van der Waals surface area (Å²) in [5, 5.41) is 42.0. The van der Waals surface area contributed by atoms with Crippen LogP contribution in [0.3, 0.4) is 0 Å². The largest absolute Gasteiger partial charge is 0.512 e. The molecule has 4 aliphatic carbocycles. The van der Waals surface area contributed by atoms with Crippen LogP contribution in [0.2, 0.25) is 0 Å². The number of carbonyl (C=O) groups is 4. The smallest absolute Gasteiger partial charge is 0.161 e. The number of pyridine rings is 4. The molecule has 792 valence electrons. The maximum absolute atomic E-state index is 11.0. The van der Waals surface area contributed by atoms with Gasteiger partial charge in [0.1, 0.15) is 0 Å². The van der Waals surface area contributed by atoms with Crippen molar-refractivity contribution in [2.75, 3.05) is 0 Å². The van der Waals surface area contributed by atoms with Gasteiger partial charge >= 0.3 is 0 Å². The van der Waals surface area contributed by atoms with Gasteiger partial charge in [-0.25, -0.2) is 0 Å². The number of aliphatic hydroxyl groups excluding tert-OH is 4. The van der Waals surface area contributed by atoms with Crippen LogP contribution in [0.15, 0.2) is 217 Å². The van der Waals surface area contributed by atoms with Crippen molar-refractivity contribution in [1.82, 2.24) is 19.9 Å². The van der Waals surface area contributed by atoms with Gasteiger partial charge in [0.25, 0.3) is 0 Å². The van der Waals surface area contributed by atoms with Crippen molar-refractivity contribution in [2.24, 2.45) is 71.0 Å². The fourth-order valence-corrected chi connectivity index (χ4v) is 18.4. The molecule has 4 heterocycles. The molecule has 8 aromatic carbocycles. The van der Waals surface area contributed by atoms with Crippen LogP contribution in [0.25, 0.3) is 88.6 Å². The number of allylic oxidation sites excluding steroid dienone is 8. The molecule has 0 unspecified atom stereocenters. The predicted molar refractivity (Wildman–Crippen MR) is 595 cm³/mol. The summed E-state index contributed by atoms with van der Waals surface area (Å²) in [6.45, 7) is 46.2.